The third-order valence-electron chi connectivity index (χ3n) is 3.55. The van der Waals surface area contributed by atoms with Crippen LogP contribution in [-0.4, -0.2) is 34.9 Å². The number of hydrogen-bond donors (Lipinski definition) is 2. The molecule has 2 N–H and O–H groups in total. The number of hydrogen-bond acceptors (Lipinski definition) is 3. The van der Waals surface area contributed by atoms with Crippen LogP contribution in [0.4, 0.5) is 0 Å². The molecule has 1 unspecified atom stereocenters. The Balaban J connectivity index is 0.00000312. The standard InChI is InChI=1S/C18H27N5O.HI/c1-5-19-18(21-13-16-9-10-22-23(16)4)20-12-15(3)24-17-8-6-7-14(2)11-17;/h6-11,15H,5,12-13H2,1-4H3,(H2,19,20,21);1H. The molecule has 0 saturated carbocycles. The Morgan fingerprint density at radius 3 is 2.76 bits per heavy atom. The lowest BCUT2D eigenvalue weighted by Gasteiger charge is -2.18. The summed E-state index contributed by atoms with van der Waals surface area (Å²) in [6.45, 7) is 8.21. The van der Waals surface area contributed by atoms with Crippen LogP contribution < -0.4 is 15.4 Å². The molecule has 1 aromatic heterocycles. The Morgan fingerprint density at radius 2 is 2.12 bits per heavy atom. The maximum Gasteiger partial charge on any atom is 0.191 e. The van der Waals surface area contributed by atoms with Crippen molar-refractivity contribution >= 4 is 29.9 Å². The molecule has 7 heteroatoms. The van der Waals surface area contributed by atoms with Crippen LogP contribution in [0.2, 0.25) is 0 Å². The maximum absolute atomic E-state index is 5.93. The van der Waals surface area contributed by atoms with Crippen molar-refractivity contribution in [1.82, 2.24) is 20.4 Å². The van der Waals surface area contributed by atoms with E-state index in [0.717, 1.165) is 23.9 Å². The van der Waals surface area contributed by atoms with Crippen LogP contribution >= 0.6 is 24.0 Å². The van der Waals surface area contributed by atoms with Crippen molar-refractivity contribution in [2.45, 2.75) is 33.4 Å². The minimum absolute atomic E-state index is 0. The number of aromatic nitrogens is 2. The third kappa shape index (κ3) is 7.33. The average molecular weight is 457 g/mol. The van der Waals surface area contributed by atoms with Gasteiger partial charge in [0.2, 0.25) is 0 Å². The fourth-order valence-corrected chi connectivity index (χ4v) is 2.26. The Morgan fingerprint density at radius 1 is 1.32 bits per heavy atom. The van der Waals surface area contributed by atoms with Gasteiger partial charge in [0.1, 0.15) is 11.9 Å². The van der Waals surface area contributed by atoms with Crippen LogP contribution in [-0.2, 0) is 13.6 Å². The Labute approximate surface area is 167 Å². The van der Waals surface area contributed by atoms with Gasteiger partial charge in [-0.1, -0.05) is 12.1 Å². The quantitative estimate of drug-likeness (QED) is 0.382. The number of rotatable bonds is 7. The van der Waals surface area contributed by atoms with Crippen molar-refractivity contribution in [2.75, 3.05) is 13.1 Å². The largest absolute Gasteiger partial charge is 0.489 e. The summed E-state index contributed by atoms with van der Waals surface area (Å²) in [5, 5.41) is 10.7. The summed E-state index contributed by atoms with van der Waals surface area (Å²) < 4.78 is 7.76. The molecule has 0 amide bonds. The van der Waals surface area contributed by atoms with Gasteiger partial charge in [-0.3, -0.25) is 4.68 Å². The Bertz CT molecular complexity index is 671. The molecule has 0 aliphatic heterocycles. The summed E-state index contributed by atoms with van der Waals surface area (Å²) in [6, 6.07) is 10.0. The van der Waals surface area contributed by atoms with E-state index in [2.05, 4.69) is 33.7 Å². The van der Waals surface area contributed by atoms with E-state index in [0.29, 0.717) is 13.1 Å². The van der Waals surface area contributed by atoms with E-state index in [-0.39, 0.29) is 30.1 Å². The van der Waals surface area contributed by atoms with E-state index in [1.807, 2.05) is 49.8 Å². The van der Waals surface area contributed by atoms with E-state index in [1.165, 1.54) is 5.56 Å². The van der Waals surface area contributed by atoms with Gasteiger partial charge in [-0.05, 0) is 44.5 Å². The molecule has 138 valence electrons. The summed E-state index contributed by atoms with van der Waals surface area (Å²) >= 11 is 0. The maximum atomic E-state index is 5.93. The molecular weight excluding hydrogens is 429 g/mol. The van der Waals surface area contributed by atoms with Crippen molar-refractivity contribution in [3.05, 3.63) is 47.8 Å². The number of nitrogens with zero attached hydrogens (tertiary/aromatic N) is 3. The number of ether oxygens (including phenoxy) is 1. The number of aryl methyl sites for hydroxylation is 2. The Kier molecular flexibility index (Phi) is 9.33. The molecule has 2 rings (SSSR count). The van der Waals surface area contributed by atoms with Crippen molar-refractivity contribution in [2.24, 2.45) is 12.0 Å². The molecule has 6 nitrogen and oxygen atoms in total. The van der Waals surface area contributed by atoms with Crippen LogP contribution in [0.1, 0.15) is 25.1 Å². The van der Waals surface area contributed by atoms with Crippen molar-refractivity contribution in [3.63, 3.8) is 0 Å². The second kappa shape index (κ2) is 11.0. The molecule has 2 aromatic rings. The monoisotopic (exact) mass is 457 g/mol. The molecule has 1 heterocycles. The van der Waals surface area contributed by atoms with Crippen LogP contribution in [0.5, 0.6) is 5.75 Å². The van der Waals surface area contributed by atoms with Crippen LogP contribution in [0.3, 0.4) is 0 Å². The molecular formula is C18H28IN5O. The molecule has 1 aromatic carbocycles. The summed E-state index contributed by atoms with van der Waals surface area (Å²) in [4.78, 5) is 4.59. The number of halogens is 1. The third-order valence-corrected chi connectivity index (χ3v) is 3.55. The van der Waals surface area contributed by atoms with Gasteiger partial charge in [0, 0.05) is 19.8 Å². The van der Waals surface area contributed by atoms with Crippen LogP contribution in [0.25, 0.3) is 0 Å². The van der Waals surface area contributed by atoms with E-state index in [1.54, 1.807) is 6.20 Å². The first-order chi connectivity index (χ1) is 11.6. The van der Waals surface area contributed by atoms with Crippen molar-refractivity contribution in [1.29, 1.82) is 0 Å². The fraction of sp³-hybridized carbons (Fsp3) is 0.444. The molecule has 0 fully saturated rings. The predicted molar refractivity (Wildman–Crippen MR) is 113 cm³/mol. The highest BCUT2D eigenvalue weighted by Gasteiger charge is 2.06. The second-order valence-corrected chi connectivity index (χ2v) is 5.77. The normalized spacial score (nSPS) is 12.2. The molecule has 1 atom stereocenters. The molecule has 0 bridgehead atoms. The van der Waals surface area contributed by atoms with Gasteiger partial charge < -0.3 is 15.4 Å². The van der Waals surface area contributed by atoms with Gasteiger partial charge >= 0.3 is 0 Å². The molecule has 25 heavy (non-hydrogen) atoms. The molecule has 0 saturated heterocycles. The van der Waals surface area contributed by atoms with Crippen molar-refractivity contribution in [3.8, 4) is 5.75 Å². The fourth-order valence-electron chi connectivity index (χ4n) is 2.26. The summed E-state index contributed by atoms with van der Waals surface area (Å²) in [7, 11) is 1.92. The Hall–Kier alpha value is -1.77. The first kappa shape index (κ1) is 21.3. The topological polar surface area (TPSA) is 63.5 Å². The van der Waals surface area contributed by atoms with E-state index < -0.39 is 0 Å². The van der Waals surface area contributed by atoms with Crippen LogP contribution in [0, 0.1) is 6.92 Å². The molecule has 0 aliphatic rings. The smallest absolute Gasteiger partial charge is 0.191 e. The highest BCUT2D eigenvalue weighted by atomic mass is 127. The highest BCUT2D eigenvalue weighted by molar-refractivity contribution is 14.0. The number of guanidine groups is 1. The summed E-state index contributed by atoms with van der Waals surface area (Å²) in [6.07, 6.45) is 1.82. The molecule has 0 radical (unpaired) electrons. The van der Waals surface area contributed by atoms with E-state index in [9.17, 15) is 0 Å². The first-order valence-electron chi connectivity index (χ1n) is 8.31. The first-order valence-corrected chi connectivity index (χ1v) is 8.31. The highest BCUT2D eigenvalue weighted by Crippen LogP contribution is 2.13. The lowest BCUT2D eigenvalue weighted by molar-refractivity contribution is 0.223. The molecule has 0 spiro atoms. The van der Waals surface area contributed by atoms with Gasteiger partial charge in [-0.25, -0.2) is 4.99 Å². The van der Waals surface area contributed by atoms with Gasteiger partial charge in [-0.15, -0.1) is 24.0 Å². The minimum Gasteiger partial charge on any atom is -0.489 e. The lowest BCUT2D eigenvalue weighted by Crippen LogP contribution is -2.41. The van der Waals surface area contributed by atoms with Gasteiger partial charge in [0.05, 0.1) is 18.8 Å². The summed E-state index contributed by atoms with van der Waals surface area (Å²) in [5.41, 5.74) is 2.26. The minimum atomic E-state index is 0. The SMILES string of the molecule is CCNC(=NCc1ccnn1C)NCC(C)Oc1cccc(C)c1.I. The molecule has 0 aliphatic carbocycles. The zero-order chi connectivity index (χ0) is 17.4. The number of benzene rings is 1. The van der Waals surface area contributed by atoms with E-state index in [4.69, 9.17) is 4.74 Å². The number of nitrogens with one attached hydrogen (secondary N) is 2. The predicted octanol–water partition coefficient (Wildman–Crippen LogP) is 2.87. The van der Waals surface area contributed by atoms with Crippen molar-refractivity contribution < 1.29 is 4.74 Å². The zero-order valence-electron chi connectivity index (χ0n) is 15.3. The average Bonchev–Trinajstić information content (AvgIpc) is 2.95. The van der Waals surface area contributed by atoms with E-state index >= 15 is 0 Å². The van der Waals surface area contributed by atoms with Gasteiger partial charge in [0.25, 0.3) is 0 Å². The van der Waals surface area contributed by atoms with Gasteiger partial charge in [0.15, 0.2) is 5.96 Å². The van der Waals surface area contributed by atoms with Crippen LogP contribution in [0.15, 0.2) is 41.5 Å². The second-order valence-electron chi connectivity index (χ2n) is 5.77. The lowest BCUT2D eigenvalue weighted by atomic mass is 10.2. The number of aliphatic imine (C=N–C) groups is 1. The van der Waals surface area contributed by atoms with Gasteiger partial charge in [-0.2, -0.15) is 5.10 Å². The summed E-state index contributed by atoms with van der Waals surface area (Å²) in [5.74, 6) is 1.67. The zero-order valence-corrected chi connectivity index (χ0v) is 17.7.